The van der Waals surface area contributed by atoms with E-state index in [-0.39, 0.29) is 11.8 Å². The molecule has 2 heterocycles. The van der Waals surface area contributed by atoms with E-state index in [0.717, 1.165) is 25.2 Å². The third-order valence-electron chi connectivity index (χ3n) is 4.10. The molecule has 0 radical (unpaired) electrons. The van der Waals surface area contributed by atoms with Crippen LogP contribution in [0.5, 0.6) is 0 Å². The maximum absolute atomic E-state index is 12.7. The molecule has 1 amide bonds. The Balaban J connectivity index is 2.17. The normalized spacial score (nSPS) is 18.3. The van der Waals surface area contributed by atoms with E-state index in [9.17, 15) is 4.79 Å². The maximum Gasteiger partial charge on any atom is 0.254 e. The van der Waals surface area contributed by atoms with Gasteiger partial charge in [0, 0.05) is 24.3 Å². The minimum atomic E-state index is 0.0920. The number of anilines is 1. The molecule has 3 N–H and O–H groups in total. The first-order chi connectivity index (χ1) is 10.0. The predicted octanol–water partition coefficient (Wildman–Crippen LogP) is 2.75. The predicted molar refractivity (Wildman–Crippen MR) is 85.1 cm³/mol. The number of nitrogens with one attached hydrogen (secondary N) is 1. The molecule has 5 heteroatoms. The van der Waals surface area contributed by atoms with Crippen LogP contribution in [0.2, 0.25) is 0 Å². The summed E-state index contributed by atoms with van der Waals surface area (Å²) in [5.41, 5.74) is 4.12. The van der Waals surface area contributed by atoms with Crippen LogP contribution in [0.3, 0.4) is 0 Å². The molecular weight excluding hydrogens is 264 g/mol. The Labute approximate surface area is 126 Å². The molecule has 2 rings (SSSR count). The fourth-order valence-corrected chi connectivity index (χ4v) is 2.89. The number of hydrogen-bond donors (Lipinski definition) is 2. The van der Waals surface area contributed by atoms with Gasteiger partial charge in [0.05, 0.1) is 0 Å². The lowest BCUT2D eigenvalue weighted by Crippen LogP contribution is -2.29. The molecule has 1 saturated heterocycles. The molecule has 1 unspecified atom stereocenters. The standard InChI is InChI=1S/C16H26N4O/c1-4-5-12-6-7-20(10-12)16(21)13-8-14(11(2)3)18-15(9-13)19-17/h8-9,11-12H,4-7,10,17H2,1-3H3,(H,18,19). The molecule has 1 atom stereocenters. The van der Waals surface area contributed by atoms with E-state index in [0.29, 0.717) is 17.3 Å². The highest BCUT2D eigenvalue weighted by Gasteiger charge is 2.27. The molecule has 0 aromatic carbocycles. The summed E-state index contributed by atoms with van der Waals surface area (Å²) in [6.07, 6.45) is 3.50. The summed E-state index contributed by atoms with van der Waals surface area (Å²) in [5.74, 6) is 7.02. The quantitative estimate of drug-likeness (QED) is 0.646. The number of nitrogen functional groups attached to an aromatic ring is 1. The van der Waals surface area contributed by atoms with Crippen LogP contribution >= 0.6 is 0 Å². The van der Waals surface area contributed by atoms with Gasteiger partial charge in [0.2, 0.25) is 0 Å². The molecule has 0 bridgehead atoms. The van der Waals surface area contributed by atoms with Crippen molar-refractivity contribution in [3.8, 4) is 0 Å². The Hall–Kier alpha value is -1.62. The van der Waals surface area contributed by atoms with Crippen LogP contribution < -0.4 is 11.3 Å². The Morgan fingerprint density at radius 1 is 1.52 bits per heavy atom. The first kappa shape index (κ1) is 15.8. The summed E-state index contributed by atoms with van der Waals surface area (Å²) >= 11 is 0. The average Bonchev–Trinajstić information content (AvgIpc) is 2.94. The number of nitrogens with two attached hydrogens (primary N) is 1. The summed E-state index contributed by atoms with van der Waals surface area (Å²) in [4.78, 5) is 19.0. The van der Waals surface area contributed by atoms with Crippen LogP contribution in [0, 0.1) is 5.92 Å². The van der Waals surface area contributed by atoms with Gasteiger partial charge in [-0.3, -0.25) is 4.79 Å². The van der Waals surface area contributed by atoms with Crippen LogP contribution in [0.4, 0.5) is 5.82 Å². The van der Waals surface area contributed by atoms with E-state index >= 15 is 0 Å². The van der Waals surface area contributed by atoms with Gasteiger partial charge in [-0.15, -0.1) is 0 Å². The topological polar surface area (TPSA) is 71.2 Å². The lowest BCUT2D eigenvalue weighted by molar-refractivity contribution is 0.0786. The Morgan fingerprint density at radius 3 is 2.90 bits per heavy atom. The number of carbonyl (C=O) groups is 1. The van der Waals surface area contributed by atoms with Gasteiger partial charge in [0.15, 0.2) is 0 Å². The third-order valence-corrected chi connectivity index (χ3v) is 4.10. The number of nitrogens with zero attached hydrogens (tertiary/aromatic N) is 2. The van der Waals surface area contributed by atoms with Gasteiger partial charge in [-0.25, -0.2) is 10.8 Å². The lowest BCUT2D eigenvalue weighted by Gasteiger charge is -2.18. The van der Waals surface area contributed by atoms with Crippen LogP contribution in [0.25, 0.3) is 0 Å². The first-order valence-electron chi connectivity index (χ1n) is 7.83. The van der Waals surface area contributed by atoms with E-state index in [4.69, 9.17) is 5.84 Å². The number of carbonyl (C=O) groups excluding carboxylic acids is 1. The maximum atomic E-state index is 12.7. The average molecular weight is 290 g/mol. The molecular formula is C16H26N4O. The molecule has 0 saturated carbocycles. The van der Waals surface area contributed by atoms with Crippen molar-refractivity contribution in [2.75, 3.05) is 18.5 Å². The highest BCUT2D eigenvalue weighted by atomic mass is 16.2. The molecule has 1 aliphatic rings. The van der Waals surface area contributed by atoms with Crippen molar-refractivity contribution in [3.63, 3.8) is 0 Å². The van der Waals surface area contributed by atoms with Crippen molar-refractivity contribution in [2.45, 2.75) is 46.0 Å². The van der Waals surface area contributed by atoms with Crippen LogP contribution in [0.15, 0.2) is 12.1 Å². The number of pyridine rings is 1. The second-order valence-corrected chi connectivity index (χ2v) is 6.16. The van der Waals surface area contributed by atoms with Crippen molar-refractivity contribution in [1.29, 1.82) is 0 Å². The monoisotopic (exact) mass is 290 g/mol. The largest absolute Gasteiger partial charge is 0.338 e. The zero-order valence-corrected chi connectivity index (χ0v) is 13.2. The van der Waals surface area contributed by atoms with Gasteiger partial charge in [0.1, 0.15) is 5.82 Å². The molecule has 21 heavy (non-hydrogen) atoms. The molecule has 0 spiro atoms. The Bertz CT molecular complexity index is 501. The van der Waals surface area contributed by atoms with Crippen molar-refractivity contribution >= 4 is 11.7 Å². The Morgan fingerprint density at radius 2 is 2.29 bits per heavy atom. The number of aromatic nitrogens is 1. The van der Waals surface area contributed by atoms with Gasteiger partial charge >= 0.3 is 0 Å². The number of rotatable bonds is 5. The van der Waals surface area contributed by atoms with Crippen molar-refractivity contribution < 1.29 is 4.79 Å². The highest BCUT2D eigenvalue weighted by Crippen LogP contribution is 2.24. The third kappa shape index (κ3) is 3.73. The summed E-state index contributed by atoms with van der Waals surface area (Å²) in [5, 5.41) is 0. The van der Waals surface area contributed by atoms with Gasteiger partial charge in [0.25, 0.3) is 5.91 Å². The van der Waals surface area contributed by atoms with E-state index in [2.05, 4.69) is 31.2 Å². The number of likely N-dealkylation sites (tertiary alicyclic amines) is 1. The smallest absolute Gasteiger partial charge is 0.254 e. The second-order valence-electron chi connectivity index (χ2n) is 6.16. The first-order valence-corrected chi connectivity index (χ1v) is 7.83. The minimum Gasteiger partial charge on any atom is -0.338 e. The van der Waals surface area contributed by atoms with Crippen LogP contribution in [-0.2, 0) is 0 Å². The minimum absolute atomic E-state index is 0.0920. The summed E-state index contributed by atoms with van der Waals surface area (Å²) in [6.45, 7) is 8.04. The molecule has 1 aromatic heterocycles. The highest BCUT2D eigenvalue weighted by molar-refractivity contribution is 5.95. The van der Waals surface area contributed by atoms with Crippen molar-refractivity contribution in [3.05, 3.63) is 23.4 Å². The van der Waals surface area contributed by atoms with Crippen LogP contribution in [0.1, 0.15) is 62.0 Å². The van der Waals surface area contributed by atoms with E-state index in [1.165, 1.54) is 12.8 Å². The van der Waals surface area contributed by atoms with E-state index in [1.807, 2.05) is 11.0 Å². The van der Waals surface area contributed by atoms with Gasteiger partial charge in [-0.1, -0.05) is 27.2 Å². The zero-order chi connectivity index (χ0) is 15.4. The Kier molecular flexibility index (Phi) is 5.17. The SMILES string of the molecule is CCCC1CCN(C(=O)c2cc(NN)nc(C(C)C)c2)C1. The van der Waals surface area contributed by atoms with Crippen molar-refractivity contribution in [2.24, 2.45) is 11.8 Å². The molecule has 1 aliphatic heterocycles. The van der Waals surface area contributed by atoms with Gasteiger partial charge < -0.3 is 10.3 Å². The van der Waals surface area contributed by atoms with Gasteiger partial charge in [-0.2, -0.15) is 0 Å². The van der Waals surface area contributed by atoms with E-state index < -0.39 is 0 Å². The molecule has 0 aliphatic carbocycles. The van der Waals surface area contributed by atoms with Crippen molar-refractivity contribution in [1.82, 2.24) is 9.88 Å². The summed E-state index contributed by atoms with van der Waals surface area (Å²) in [7, 11) is 0. The number of hydrogen-bond acceptors (Lipinski definition) is 4. The summed E-state index contributed by atoms with van der Waals surface area (Å²) in [6, 6.07) is 3.63. The summed E-state index contributed by atoms with van der Waals surface area (Å²) < 4.78 is 0. The molecule has 1 fully saturated rings. The molecule has 5 nitrogen and oxygen atoms in total. The molecule has 116 valence electrons. The lowest BCUT2D eigenvalue weighted by atomic mass is 10.0. The molecule has 1 aromatic rings. The second kappa shape index (κ2) is 6.89. The fraction of sp³-hybridized carbons (Fsp3) is 0.625. The number of hydrazine groups is 1. The fourth-order valence-electron chi connectivity index (χ4n) is 2.89. The van der Waals surface area contributed by atoms with Gasteiger partial charge in [-0.05, 0) is 36.8 Å². The zero-order valence-electron chi connectivity index (χ0n) is 13.2. The van der Waals surface area contributed by atoms with Crippen LogP contribution in [-0.4, -0.2) is 28.9 Å². The van der Waals surface area contributed by atoms with E-state index in [1.54, 1.807) is 6.07 Å². The number of amides is 1.